The van der Waals surface area contributed by atoms with E-state index in [-0.39, 0.29) is 16.8 Å². The Labute approximate surface area is 146 Å². The predicted octanol–water partition coefficient (Wildman–Crippen LogP) is 3.60. The van der Waals surface area contributed by atoms with Crippen molar-refractivity contribution in [2.75, 3.05) is 12.4 Å². The molecule has 1 heterocycles. The summed E-state index contributed by atoms with van der Waals surface area (Å²) in [4.78, 5) is 25.2. The average molecular weight is 346 g/mol. The molecule has 25 heavy (non-hydrogen) atoms. The smallest absolute Gasteiger partial charge is 0.263 e. The van der Waals surface area contributed by atoms with Crippen molar-refractivity contribution in [2.45, 2.75) is 33.7 Å². The van der Waals surface area contributed by atoms with Crippen LogP contribution < -0.4 is 15.6 Å². The Bertz CT molecular complexity index is 828. The summed E-state index contributed by atoms with van der Waals surface area (Å²) >= 11 is 0. The van der Waals surface area contributed by atoms with Crippen molar-refractivity contribution >= 4 is 11.6 Å². The van der Waals surface area contributed by atoms with E-state index in [9.17, 15) is 14.0 Å². The number of amides is 1. The van der Waals surface area contributed by atoms with Gasteiger partial charge < -0.3 is 14.6 Å². The number of anilines is 1. The molecule has 0 saturated carbocycles. The fourth-order valence-electron chi connectivity index (χ4n) is 2.43. The number of methoxy groups -OCH3 is 1. The van der Waals surface area contributed by atoms with Crippen LogP contribution >= 0.6 is 0 Å². The van der Waals surface area contributed by atoms with Gasteiger partial charge >= 0.3 is 0 Å². The Balaban J connectivity index is 2.33. The monoisotopic (exact) mass is 346 g/mol. The minimum Gasteiger partial charge on any atom is -0.497 e. The minimum absolute atomic E-state index is 0.0217. The topological polar surface area (TPSA) is 60.3 Å². The number of halogens is 1. The number of aryl methyl sites for hydroxylation is 2. The zero-order chi connectivity index (χ0) is 18.6. The Kier molecular flexibility index (Phi) is 5.96. The Morgan fingerprint density at radius 1 is 1.32 bits per heavy atom. The van der Waals surface area contributed by atoms with Gasteiger partial charge in [-0.3, -0.25) is 9.59 Å². The molecular weight excluding hydrogens is 323 g/mol. The largest absolute Gasteiger partial charge is 0.497 e. The summed E-state index contributed by atoms with van der Waals surface area (Å²) in [6.07, 6.45) is 2.51. The van der Waals surface area contributed by atoms with Crippen LogP contribution in [0.4, 0.5) is 10.1 Å². The van der Waals surface area contributed by atoms with Gasteiger partial charge in [-0.2, -0.15) is 0 Å². The number of benzene rings is 1. The highest BCUT2D eigenvalue weighted by atomic mass is 19.1. The van der Waals surface area contributed by atoms with Gasteiger partial charge in [-0.15, -0.1) is 0 Å². The van der Waals surface area contributed by atoms with Crippen LogP contribution in [0.25, 0.3) is 0 Å². The van der Waals surface area contributed by atoms with Gasteiger partial charge in [0.15, 0.2) is 0 Å². The maximum atomic E-state index is 13.9. The van der Waals surface area contributed by atoms with Gasteiger partial charge in [-0.1, -0.05) is 13.8 Å². The van der Waals surface area contributed by atoms with Crippen LogP contribution in [-0.4, -0.2) is 17.6 Å². The minimum atomic E-state index is -0.631. The lowest BCUT2D eigenvalue weighted by Crippen LogP contribution is -2.30. The second-order valence-corrected chi connectivity index (χ2v) is 6.35. The van der Waals surface area contributed by atoms with Gasteiger partial charge in [0.05, 0.1) is 12.8 Å². The van der Waals surface area contributed by atoms with Crippen molar-refractivity contribution in [3.63, 3.8) is 0 Å². The fourth-order valence-corrected chi connectivity index (χ4v) is 2.43. The van der Waals surface area contributed by atoms with E-state index in [1.165, 1.54) is 29.9 Å². The molecule has 0 aliphatic heterocycles. The zero-order valence-electron chi connectivity index (χ0n) is 14.9. The molecule has 2 rings (SSSR count). The number of ether oxygens (including phenoxy) is 1. The van der Waals surface area contributed by atoms with Crippen LogP contribution in [-0.2, 0) is 6.54 Å². The number of hydrogen-bond donors (Lipinski definition) is 1. The van der Waals surface area contributed by atoms with Crippen LogP contribution in [0.5, 0.6) is 5.75 Å². The van der Waals surface area contributed by atoms with Crippen molar-refractivity contribution in [2.24, 2.45) is 5.92 Å². The van der Waals surface area contributed by atoms with Crippen molar-refractivity contribution in [1.82, 2.24) is 4.57 Å². The molecule has 0 spiro atoms. The number of carbonyl (C=O) groups is 1. The first-order chi connectivity index (χ1) is 11.8. The van der Waals surface area contributed by atoms with Gasteiger partial charge in [0.1, 0.15) is 17.1 Å². The Morgan fingerprint density at radius 3 is 2.68 bits per heavy atom. The van der Waals surface area contributed by atoms with E-state index in [1.54, 1.807) is 19.2 Å². The fraction of sp³-hybridized carbons (Fsp3) is 0.368. The predicted molar refractivity (Wildman–Crippen MR) is 95.8 cm³/mol. The molecule has 0 radical (unpaired) electrons. The van der Waals surface area contributed by atoms with E-state index in [4.69, 9.17) is 4.74 Å². The second kappa shape index (κ2) is 7.96. The van der Waals surface area contributed by atoms with Gasteiger partial charge in [0.25, 0.3) is 11.5 Å². The lowest BCUT2D eigenvalue weighted by Gasteiger charge is -2.13. The summed E-state index contributed by atoms with van der Waals surface area (Å²) in [5.74, 6) is -0.372. The zero-order valence-corrected chi connectivity index (χ0v) is 14.9. The molecule has 0 atom stereocenters. The number of nitrogens with one attached hydrogen (secondary N) is 1. The molecule has 0 unspecified atom stereocenters. The Hall–Kier alpha value is -2.63. The molecule has 1 aromatic heterocycles. The molecular formula is C19H23FN2O3. The molecule has 6 heteroatoms. The third-order valence-corrected chi connectivity index (χ3v) is 3.97. The SMILES string of the molecule is COc1ccc(F)c(NC(=O)c2c(C)ccn(CCC(C)C)c2=O)c1. The number of carbonyl (C=O) groups excluding carboxylic acids is 1. The molecule has 5 nitrogen and oxygen atoms in total. The standard InChI is InChI=1S/C19H23FN2O3/c1-12(2)7-9-22-10-8-13(3)17(19(22)24)18(23)21-16-11-14(25-4)5-6-15(16)20/h5-6,8,10-12H,7,9H2,1-4H3,(H,21,23). The number of pyridine rings is 1. The van der Waals surface area contributed by atoms with Gasteiger partial charge in [-0.25, -0.2) is 4.39 Å². The Morgan fingerprint density at radius 2 is 2.04 bits per heavy atom. The molecule has 0 aliphatic rings. The molecule has 0 saturated heterocycles. The molecule has 0 fully saturated rings. The normalized spacial score (nSPS) is 10.8. The first-order valence-electron chi connectivity index (χ1n) is 8.18. The van der Waals surface area contributed by atoms with Crippen LogP contribution in [0.3, 0.4) is 0 Å². The first kappa shape index (κ1) is 18.7. The third kappa shape index (κ3) is 4.47. The summed E-state index contributed by atoms with van der Waals surface area (Å²) in [7, 11) is 1.45. The molecule has 1 aromatic carbocycles. The lowest BCUT2D eigenvalue weighted by molar-refractivity contribution is 0.102. The van der Waals surface area contributed by atoms with Gasteiger partial charge in [0.2, 0.25) is 0 Å². The highest BCUT2D eigenvalue weighted by Crippen LogP contribution is 2.21. The third-order valence-electron chi connectivity index (χ3n) is 3.97. The highest BCUT2D eigenvalue weighted by Gasteiger charge is 2.18. The molecule has 134 valence electrons. The number of rotatable bonds is 6. The average Bonchev–Trinajstić information content (AvgIpc) is 2.56. The highest BCUT2D eigenvalue weighted by molar-refractivity contribution is 6.05. The first-order valence-corrected chi connectivity index (χ1v) is 8.18. The van der Waals surface area contributed by atoms with Gasteiger partial charge in [-0.05, 0) is 43.0 Å². The molecule has 0 bridgehead atoms. The van der Waals surface area contributed by atoms with Crippen LogP contribution in [0, 0.1) is 18.7 Å². The van der Waals surface area contributed by atoms with Gasteiger partial charge in [0, 0.05) is 18.8 Å². The maximum Gasteiger partial charge on any atom is 0.263 e. The van der Waals surface area contributed by atoms with Crippen molar-refractivity contribution < 1.29 is 13.9 Å². The molecule has 0 aliphatic carbocycles. The lowest BCUT2D eigenvalue weighted by atomic mass is 10.1. The number of hydrogen-bond acceptors (Lipinski definition) is 3. The number of nitrogens with zero attached hydrogens (tertiary/aromatic N) is 1. The van der Waals surface area contributed by atoms with E-state index < -0.39 is 11.7 Å². The van der Waals surface area contributed by atoms with E-state index in [0.29, 0.717) is 23.8 Å². The summed E-state index contributed by atoms with van der Waals surface area (Å²) in [5, 5.41) is 2.47. The van der Waals surface area contributed by atoms with Crippen molar-refractivity contribution in [1.29, 1.82) is 0 Å². The summed E-state index contributed by atoms with van der Waals surface area (Å²) in [5.41, 5.74) is 0.169. The summed E-state index contributed by atoms with van der Waals surface area (Å²) in [6, 6.07) is 5.76. The van der Waals surface area contributed by atoms with Crippen LogP contribution in [0.1, 0.15) is 36.2 Å². The van der Waals surface area contributed by atoms with Crippen molar-refractivity contribution in [3.05, 3.63) is 57.8 Å². The molecule has 1 N–H and O–H groups in total. The maximum absolute atomic E-state index is 13.9. The summed E-state index contributed by atoms with van der Waals surface area (Å²) in [6.45, 7) is 6.35. The molecule has 2 aromatic rings. The van der Waals surface area contributed by atoms with E-state index in [0.717, 1.165) is 6.42 Å². The van der Waals surface area contributed by atoms with Crippen LogP contribution in [0.15, 0.2) is 35.3 Å². The second-order valence-electron chi connectivity index (χ2n) is 6.35. The number of aromatic nitrogens is 1. The summed E-state index contributed by atoms with van der Waals surface area (Å²) < 4.78 is 20.5. The van der Waals surface area contributed by atoms with Crippen molar-refractivity contribution in [3.8, 4) is 5.75 Å². The van der Waals surface area contributed by atoms with E-state index in [1.807, 2.05) is 0 Å². The van der Waals surface area contributed by atoms with E-state index in [2.05, 4.69) is 19.2 Å². The molecule has 1 amide bonds. The van der Waals surface area contributed by atoms with Crippen LogP contribution in [0.2, 0.25) is 0 Å². The quantitative estimate of drug-likeness (QED) is 0.869. The van der Waals surface area contributed by atoms with E-state index >= 15 is 0 Å².